The molecule has 0 atom stereocenters. The number of carbonyl (C=O) groups excluding carboxylic acids is 1. The Balaban J connectivity index is 1.69. The van der Waals surface area contributed by atoms with Crippen LogP contribution in [0.3, 0.4) is 0 Å². The monoisotopic (exact) mass is 298 g/mol. The van der Waals surface area contributed by atoms with Gasteiger partial charge in [0.2, 0.25) is 5.82 Å². The maximum absolute atomic E-state index is 12.9. The summed E-state index contributed by atoms with van der Waals surface area (Å²) < 4.78 is 23.4. The lowest BCUT2D eigenvalue weighted by Gasteiger charge is -2.02. The van der Waals surface area contributed by atoms with Gasteiger partial charge in [-0.2, -0.15) is 4.98 Å². The molecule has 3 rings (SSSR count). The van der Waals surface area contributed by atoms with Gasteiger partial charge in [-0.15, -0.1) is 0 Å². The van der Waals surface area contributed by atoms with Gasteiger partial charge in [-0.1, -0.05) is 17.3 Å². The van der Waals surface area contributed by atoms with Gasteiger partial charge in [-0.05, 0) is 36.4 Å². The third-order valence-electron chi connectivity index (χ3n) is 2.93. The van der Waals surface area contributed by atoms with Gasteiger partial charge < -0.3 is 9.26 Å². The van der Waals surface area contributed by atoms with Crippen LogP contribution in [0.5, 0.6) is 5.75 Å². The van der Waals surface area contributed by atoms with Crippen molar-refractivity contribution in [1.29, 1.82) is 0 Å². The Morgan fingerprint density at radius 2 is 2.00 bits per heavy atom. The van der Waals surface area contributed by atoms with Gasteiger partial charge >= 0.3 is 0 Å². The molecule has 0 aliphatic carbocycles. The second-order valence-electron chi connectivity index (χ2n) is 4.50. The fourth-order valence-electron chi connectivity index (χ4n) is 1.85. The van der Waals surface area contributed by atoms with E-state index < -0.39 is 0 Å². The van der Waals surface area contributed by atoms with Gasteiger partial charge in [0.05, 0.1) is 0 Å². The van der Waals surface area contributed by atoms with Crippen LogP contribution in [0.15, 0.2) is 53.1 Å². The van der Waals surface area contributed by atoms with Crippen LogP contribution in [0.1, 0.15) is 16.2 Å². The quantitative estimate of drug-likeness (QED) is 0.676. The molecule has 0 spiro atoms. The molecule has 2 aromatic carbocycles. The lowest BCUT2D eigenvalue weighted by atomic mass is 10.2. The van der Waals surface area contributed by atoms with E-state index in [4.69, 9.17) is 9.26 Å². The van der Waals surface area contributed by atoms with Crippen LogP contribution in [-0.2, 0) is 6.61 Å². The van der Waals surface area contributed by atoms with Crippen molar-refractivity contribution in [3.05, 3.63) is 65.8 Å². The van der Waals surface area contributed by atoms with Gasteiger partial charge in [0.25, 0.3) is 5.89 Å². The molecule has 0 aliphatic heterocycles. The molecular weight excluding hydrogens is 287 g/mol. The lowest BCUT2D eigenvalue weighted by Crippen LogP contribution is -1.96. The van der Waals surface area contributed by atoms with Crippen LogP contribution in [0.2, 0.25) is 0 Å². The number of hydrogen-bond acceptors (Lipinski definition) is 5. The van der Waals surface area contributed by atoms with E-state index in [1.807, 2.05) is 0 Å². The zero-order valence-electron chi connectivity index (χ0n) is 11.4. The summed E-state index contributed by atoms with van der Waals surface area (Å²) in [5, 5.41) is 3.82. The van der Waals surface area contributed by atoms with E-state index in [-0.39, 0.29) is 18.3 Å². The summed E-state index contributed by atoms with van der Waals surface area (Å²) in [5.41, 5.74) is 1.18. The number of nitrogens with zero attached hydrogens (tertiary/aromatic N) is 2. The maximum Gasteiger partial charge on any atom is 0.264 e. The Labute approximate surface area is 125 Å². The first-order chi connectivity index (χ1) is 10.7. The van der Waals surface area contributed by atoms with Crippen LogP contribution in [0, 0.1) is 5.82 Å². The molecule has 0 saturated heterocycles. The van der Waals surface area contributed by atoms with Crippen molar-refractivity contribution in [2.75, 3.05) is 0 Å². The minimum absolute atomic E-state index is 0.0799. The second-order valence-corrected chi connectivity index (χ2v) is 4.50. The Bertz CT molecular complexity index is 784. The van der Waals surface area contributed by atoms with Gasteiger partial charge in [-0.25, -0.2) is 4.39 Å². The molecule has 0 aliphatic rings. The van der Waals surface area contributed by atoms with Crippen molar-refractivity contribution in [3.8, 4) is 17.1 Å². The highest BCUT2D eigenvalue weighted by atomic mass is 19.1. The Kier molecular flexibility index (Phi) is 3.91. The number of hydrogen-bond donors (Lipinski definition) is 0. The molecule has 6 heteroatoms. The molecule has 0 saturated carbocycles. The third-order valence-corrected chi connectivity index (χ3v) is 2.93. The SMILES string of the molecule is O=Cc1cccc(OCc2nc(-c3ccc(F)cc3)no2)c1. The summed E-state index contributed by atoms with van der Waals surface area (Å²) in [6.07, 6.45) is 0.742. The molecule has 3 aromatic rings. The zero-order chi connectivity index (χ0) is 15.4. The predicted molar refractivity (Wildman–Crippen MR) is 75.9 cm³/mol. The summed E-state index contributed by atoms with van der Waals surface area (Å²) in [6, 6.07) is 12.5. The molecule has 0 radical (unpaired) electrons. The summed E-state index contributed by atoms with van der Waals surface area (Å²) in [7, 11) is 0. The largest absolute Gasteiger partial charge is 0.484 e. The standard InChI is InChI=1S/C16H11FN2O3/c17-13-6-4-12(5-7-13)16-18-15(22-19-16)10-21-14-3-1-2-11(8-14)9-20/h1-9H,10H2. The lowest BCUT2D eigenvalue weighted by molar-refractivity contribution is 0.112. The summed E-state index contributed by atoms with van der Waals surface area (Å²) in [6.45, 7) is 0.0799. The summed E-state index contributed by atoms with van der Waals surface area (Å²) >= 11 is 0. The fourth-order valence-corrected chi connectivity index (χ4v) is 1.85. The Morgan fingerprint density at radius 1 is 1.18 bits per heavy atom. The van der Waals surface area contributed by atoms with Crippen molar-refractivity contribution in [1.82, 2.24) is 10.1 Å². The van der Waals surface area contributed by atoms with E-state index in [1.54, 1.807) is 36.4 Å². The minimum Gasteiger partial charge on any atom is -0.484 e. The highest BCUT2D eigenvalue weighted by molar-refractivity contribution is 5.75. The van der Waals surface area contributed by atoms with Crippen LogP contribution in [-0.4, -0.2) is 16.4 Å². The molecule has 1 aromatic heterocycles. The molecule has 0 amide bonds. The number of carbonyl (C=O) groups is 1. The van der Waals surface area contributed by atoms with Gasteiger partial charge in [-0.3, -0.25) is 4.79 Å². The molecule has 0 bridgehead atoms. The molecule has 0 fully saturated rings. The van der Waals surface area contributed by atoms with Crippen molar-refractivity contribution in [2.24, 2.45) is 0 Å². The van der Waals surface area contributed by atoms with E-state index in [0.29, 0.717) is 22.7 Å². The smallest absolute Gasteiger partial charge is 0.264 e. The van der Waals surface area contributed by atoms with E-state index >= 15 is 0 Å². The normalized spacial score (nSPS) is 10.4. The van der Waals surface area contributed by atoms with Crippen LogP contribution < -0.4 is 4.74 Å². The van der Waals surface area contributed by atoms with Crippen LogP contribution >= 0.6 is 0 Å². The average molecular weight is 298 g/mol. The van der Waals surface area contributed by atoms with E-state index in [2.05, 4.69) is 10.1 Å². The van der Waals surface area contributed by atoms with Gasteiger partial charge in [0.15, 0.2) is 6.61 Å². The Hall–Kier alpha value is -3.02. The van der Waals surface area contributed by atoms with Crippen molar-refractivity contribution in [3.63, 3.8) is 0 Å². The Morgan fingerprint density at radius 3 is 2.77 bits per heavy atom. The third kappa shape index (κ3) is 3.17. The predicted octanol–water partition coefficient (Wildman–Crippen LogP) is 3.27. The minimum atomic E-state index is -0.328. The topological polar surface area (TPSA) is 65.2 Å². The fraction of sp³-hybridized carbons (Fsp3) is 0.0625. The van der Waals surface area contributed by atoms with E-state index in [1.165, 1.54) is 12.1 Å². The highest BCUT2D eigenvalue weighted by Gasteiger charge is 2.09. The number of benzene rings is 2. The average Bonchev–Trinajstić information content (AvgIpc) is 3.03. The molecule has 22 heavy (non-hydrogen) atoms. The van der Waals surface area contributed by atoms with E-state index in [0.717, 1.165) is 6.29 Å². The van der Waals surface area contributed by atoms with Crippen molar-refractivity contribution < 1.29 is 18.4 Å². The second kappa shape index (κ2) is 6.17. The van der Waals surface area contributed by atoms with Crippen molar-refractivity contribution in [2.45, 2.75) is 6.61 Å². The molecule has 0 unspecified atom stereocenters. The van der Waals surface area contributed by atoms with E-state index in [9.17, 15) is 9.18 Å². The first-order valence-electron chi connectivity index (χ1n) is 6.51. The van der Waals surface area contributed by atoms with Gasteiger partial charge in [0, 0.05) is 11.1 Å². The molecule has 0 N–H and O–H groups in total. The number of rotatable bonds is 5. The number of aromatic nitrogens is 2. The first-order valence-corrected chi connectivity index (χ1v) is 6.51. The number of aldehydes is 1. The number of ether oxygens (including phenoxy) is 1. The number of halogens is 1. The van der Waals surface area contributed by atoms with Crippen molar-refractivity contribution >= 4 is 6.29 Å². The maximum atomic E-state index is 12.9. The summed E-state index contributed by atoms with van der Waals surface area (Å²) in [5.74, 6) is 0.855. The molecule has 110 valence electrons. The summed E-state index contributed by atoms with van der Waals surface area (Å²) in [4.78, 5) is 14.9. The van der Waals surface area contributed by atoms with Crippen LogP contribution in [0.4, 0.5) is 4.39 Å². The molecule has 1 heterocycles. The first kappa shape index (κ1) is 13.9. The van der Waals surface area contributed by atoms with Crippen LogP contribution in [0.25, 0.3) is 11.4 Å². The van der Waals surface area contributed by atoms with Gasteiger partial charge in [0.1, 0.15) is 17.9 Å². The molecular formula is C16H11FN2O3. The zero-order valence-corrected chi connectivity index (χ0v) is 11.4. The molecule has 5 nitrogen and oxygen atoms in total. The highest BCUT2D eigenvalue weighted by Crippen LogP contribution is 2.18.